The largest absolute Gasteiger partial charge is 0.0838 e. The third-order valence-corrected chi connectivity index (χ3v) is 2.53. The summed E-state index contributed by atoms with van der Waals surface area (Å²) in [4.78, 5) is 1.46. The summed E-state index contributed by atoms with van der Waals surface area (Å²) in [5, 5.41) is 0. The Kier molecular flexibility index (Phi) is 5.56. The van der Waals surface area contributed by atoms with Crippen LogP contribution in [0.5, 0.6) is 0 Å². The van der Waals surface area contributed by atoms with Crippen molar-refractivity contribution in [2.24, 2.45) is 5.92 Å². The maximum atomic E-state index is 3.53. The zero-order chi connectivity index (χ0) is 7.28. The van der Waals surface area contributed by atoms with E-state index in [4.69, 9.17) is 0 Å². The van der Waals surface area contributed by atoms with Gasteiger partial charge in [0, 0.05) is 4.83 Å². The van der Waals surface area contributed by atoms with Crippen molar-refractivity contribution in [2.45, 2.75) is 40.0 Å². The highest BCUT2D eigenvalue weighted by atomic mass is 79.9. The van der Waals surface area contributed by atoms with Gasteiger partial charge in [-0.15, -0.1) is 0 Å². The maximum Gasteiger partial charge on any atom is 0.0410 e. The van der Waals surface area contributed by atoms with Gasteiger partial charge in [-0.2, -0.15) is 0 Å². The van der Waals surface area contributed by atoms with Crippen molar-refractivity contribution in [1.29, 1.82) is 0 Å². The molecular formula is C8H16Br. The second-order valence-electron chi connectivity index (χ2n) is 2.59. The Labute approximate surface area is 67.2 Å². The quantitative estimate of drug-likeness (QED) is 0.636. The second kappa shape index (κ2) is 5.28. The van der Waals surface area contributed by atoms with Crippen LogP contribution in [-0.4, -0.2) is 0 Å². The van der Waals surface area contributed by atoms with E-state index in [1.54, 1.807) is 0 Å². The second-order valence-corrected chi connectivity index (χ2v) is 3.71. The van der Waals surface area contributed by atoms with Crippen molar-refractivity contribution in [3.8, 4) is 0 Å². The normalized spacial score (nSPS) is 14.3. The molecule has 0 fully saturated rings. The zero-order valence-electron chi connectivity index (χ0n) is 6.58. The van der Waals surface area contributed by atoms with E-state index in [2.05, 4.69) is 36.7 Å². The van der Waals surface area contributed by atoms with Crippen LogP contribution in [0.2, 0.25) is 0 Å². The maximum absolute atomic E-state index is 3.53. The molecule has 0 amide bonds. The van der Waals surface area contributed by atoms with Gasteiger partial charge in [0.1, 0.15) is 0 Å². The van der Waals surface area contributed by atoms with Gasteiger partial charge in [0.25, 0.3) is 0 Å². The van der Waals surface area contributed by atoms with Gasteiger partial charge in [-0.05, 0) is 18.8 Å². The molecule has 1 radical (unpaired) electrons. The summed E-state index contributed by atoms with van der Waals surface area (Å²) in [7, 11) is 0. The highest BCUT2D eigenvalue weighted by Crippen LogP contribution is 2.24. The van der Waals surface area contributed by atoms with Crippen molar-refractivity contribution in [3.05, 3.63) is 4.83 Å². The first-order valence-electron chi connectivity index (χ1n) is 3.70. The van der Waals surface area contributed by atoms with Gasteiger partial charge < -0.3 is 0 Å². The van der Waals surface area contributed by atoms with Crippen molar-refractivity contribution in [3.63, 3.8) is 0 Å². The van der Waals surface area contributed by atoms with E-state index in [9.17, 15) is 0 Å². The molecule has 0 aromatic carbocycles. The fraction of sp³-hybridized carbons (Fsp3) is 0.875. The summed E-state index contributed by atoms with van der Waals surface area (Å²) < 4.78 is 0. The van der Waals surface area contributed by atoms with Crippen molar-refractivity contribution < 1.29 is 0 Å². The molecule has 0 aliphatic heterocycles. The lowest BCUT2D eigenvalue weighted by Gasteiger charge is -2.10. The minimum atomic E-state index is 0.847. The topological polar surface area (TPSA) is 0 Å². The first-order valence-corrected chi connectivity index (χ1v) is 4.50. The first-order chi connectivity index (χ1) is 4.20. The molecule has 55 valence electrons. The van der Waals surface area contributed by atoms with Gasteiger partial charge in [0.2, 0.25) is 0 Å². The fourth-order valence-corrected chi connectivity index (χ4v) is 1.22. The molecule has 0 rings (SSSR count). The summed E-state index contributed by atoms with van der Waals surface area (Å²) in [6.45, 7) is 6.71. The molecule has 0 saturated heterocycles. The molecule has 0 aromatic heterocycles. The van der Waals surface area contributed by atoms with E-state index in [-0.39, 0.29) is 0 Å². The molecule has 9 heavy (non-hydrogen) atoms. The monoisotopic (exact) mass is 191 g/mol. The van der Waals surface area contributed by atoms with Crippen LogP contribution in [0.3, 0.4) is 0 Å². The fourth-order valence-electron chi connectivity index (χ4n) is 0.667. The Hall–Kier alpha value is 0.480. The Balaban J connectivity index is 3.22. The first kappa shape index (κ1) is 9.48. The van der Waals surface area contributed by atoms with Crippen molar-refractivity contribution in [2.75, 3.05) is 0 Å². The van der Waals surface area contributed by atoms with Gasteiger partial charge in [-0.25, -0.2) is 0 Å². The number of hydrogen-bond donors (Lipinski definition) is 0. The average Bonchev–Trinajstić information content (AvgIpc) is 1.87. The molecule has 0 aliphatic carbocycles. The van der Waals surface area contributed by atoms with E-state index in [0.717, 1.165) is 5.92 Å². The molecule has 1 unspecified atom stereocenters. The van der Waals surface area contributed by atoms with Crippen LogP contribution in [0.1, 0.15) is 40.0 Å². The Morgan fingerprint density at radius 1 is 1.44 bits per heavy atom. The van der Waals surface area contributed by atoms with Crippen LogP contribution in [0.15, 0.2) is 0 Å². The van der Waals surface area contributed by atoms with E-state index in [0.29, 0.717) is 0 Å². The van der Waals surface area contributed by atoms with Gasteiger partial charge >= 0.3 is 0 Å². The van der Waals surface area contributed by atoms with Gasteiger partial charge in [0.05, 0.1) is 0 Å². The van der Waals surface area contributed by atoms with E-state index in [1.807, 2.05) is 0 Å². The molecule has 1 atom stereocenters. The van der Waals surface area contributed by atoms with Gasteiger partial charge in [-0.1, -0.05) is 43.1 Å². The lowest BCUT2D eigenvalue weighted by Crippen LogP contribution is -1.95. The lowest BCUT2D eigenvalue weighted by molar-refractivity contribution is 0.541. The number of rotatable bonds is 4. The SMILES string of the molecule is CC[C](Br)CC(C)CC. The van der Waals surface area contributed by atoms with Crippen LogP contribution >= 0.6 is 15.9 Å². The Bertz CT molecular complexity index is 53.6. The standard InChI is InChI=1S/C8H16Br/c1-4-7(3)6-8(9)5-2/h7H,4-6H2,1-3H3. The van der Waals surface area contributed by atoms with Crippen LogP contribution in [-0.2, 0) is 0 Å². The third-order valence-electron chi connectivity index (χ3n) is 1.65. The minimum absolute atomic E-state index is 0.847. The molecule has 0 saturated carbocycles. The number of halogens is 1. The number of hydrogen-bond acceptors (Lipinski definition) is 0. The minimum Gasteiger partial charge on any atom is -0.0838 e. The predicted molar refractivity (Wildman–Crippen MR) is 46.5 cm³/mol. The van der Waals surface area contributed by atoms with Crippen molar-refractivity contribution >= 4 is 15.9 Å². The van der Waals surface area contributed by atoms with E-state index in [1.165, 1.54) is 24.1 Å². The highest BCUT2D eigenvalue weighted by Gasteiger charge is 2.05. The average molecular weight is 192 g/mol. The molecule has 0 heterocycles. The molecule has 0 nitrogen and oxygen atoms in total. The molecule has 0 N–H and O–H groups in total. The summed E-state index contributed by atoms with van der Waals surface area (Å²) in [5.41, 5.74) is 0. The Morgan fingerprint density at radius 2 is 2.00 bits per heavy atom. The summed E-state index contributed by atoms with van der Waals surface area (Å²) in [5.74, 6) is 0.847. The summed E-state index contributed by atoms with van der Waals surface area (Å²) >= 11 is 3.53. The molecule has 0 aromatic rings. The Morgan fingerprint density at radius 3 is 2.33 bits per heavy atom. The van der Waals surface area contributed by atoms with Crippen LogP contribution < -0.4 is 0 Å². The molecule has 0 spiro atoms. The van der Waals surface area contributed by atoms with Crippen LogP contribution in [0.4, 0.5) is 0 Å². The third kappa shape index (κ3) is 4.95. The molecule has 1 heteroatoms. The summed E-state index contributed by atoms with van der Waals surface area (Å²) in [6, 6.07) is 0. The molecule has 0 bridgehead atoms. The highest BCUT2D eigenvalue weighted by molar-refractivity contribution is 9.11. The van der Waals surface area contributed by atoms with E-state index < -0.39 is 0 Å². The summed E-state index contributed by atoms with van der Waals surface area (Å²) in [6.07, 6.45) is 3.70. The predicted octanol–water partition coefficient (Wildman–Crippen LogP) is 3.76. The van der Waals surface area contributed by atoms with Gasteiger partial charge in [-0.3, -0.25) is 0 Å². The smallest absolute Gasteiger partial charge is 0.0410 e. The van der Waals surface area contributed by atoms with Crippen LogP contribution in [0.25, 0.3) is 0 Å². The van der Waals surface area contributed by atoms with Crippen LogP contribution in [0, 0.1) is 10.7 Å². The van der Waals surface area contributed by atoms with Crippen molar-refractivity contribution in [1.82, 2.24) is 0 Å². The lowest BCUT2D eigenvalue weighted by atomic mass is 10.0. The van der Waals surface area contributed by atoms with E-state index >= 15 is 0 Å². The molecular weight excluding hydrogens is 176 g/mol. The zero-order valence-corrected chi connectivity index (χ0v) is 8.16. The molecule has 0 aliphatic rings. The van der Waals surface area contributed by atoms with Gasteiger partial charge in [0.15, 0.2) is 0 Å².